The molecule has 1 fully saturated rings. The van der Waals surface area contributed by atoms with Gasteiger partial charge in [-0.3, -0.25) is 4.79 Å². The smallest absolute Gasteiger partial charge is 0.266 e. The van der Waals surface area contributed by atoms with Crippen molar-refractivity contribution in [2.24, 2.45) is 0 Å². The molecular weight excluding hydrogens is 526 g/mol. The van der Waals surface area contributed by atoms with Crippen LogP contribution in [0.4, 0.5) is 5.69 Å². The van der Waals surface area contributed by atoms with E-state index in [2.05, 4.69) is 16.2 Å². The second-order valence-corrected chi connectivity index (χ2v) is 11.3. The minimum atomic E-state index is -0.0247. The average Bonchev–Trinajstić information content (AvgIpc) is 3.33. The van der Waals surface area contributed by atoms with Gasteiger partial charge >= 0.3 is 0 Å². The number of halogens is 1. The summed E-state index contributed by atoms with van der Waals surface area (Å²) < 4.78 is 7.05. The first kappa shape index (κ1) is 27.2. The van der Waals surface area contributed by atoms with Gasteiger partial charge in [-0.1, -0.05) is 60.1 Å². The number of ether oxygens (including phenoxy) is 1. The summed E-state index contributed by atoms with van der Waals surface area (Å²) in [5.74, 6) is 0.756. The minimum absolute atomic E-state index is 0.0247. The van der Waals surface area contributed by atoms with E-state index in [0.29, 0.717) is 34.8 Å². The third-order valence-electron chi connectivity index (χ3n) is 7.57. The van der Waals surface area contributed by atoms with Gasteiger partial charge in [-0.15, -0.1) is 11.3 Å². The van der Waals surface area contributed by atoms with E-state index < -0.39 is 0 Å². The lowest BCUT2D eigenvalue weighted by molar-refractivity contribution is 0.0604. The number of fused-ring (bicyclic) bond motifs is 1. The fourth-order valence-corrected chi connectivity index (χ4v) is 6.88. The zero-order valence-corrected chi connectivity index (χ0v) is 23.8. The fraction of sp³-hybridized carbons (Fsp3) is 0.312. The van der Waals surface area contributed by atoms with E-state index in [1.165, 1.54) is 11.3 Å². The van der Waals surface area contributed by atoms with Crippen LogP contribution in [0.5, 0.6) is 5.75 Å². The Morgan fingerprint density at radius 3 is 2.46 bits per heavy atom. The molecule has 7 heteroatoms. The lowest BCUT2D eigenvalue weighted by Gasteiger charge is -2.37. The van der Waals surface area contributed by atoms with Crippen LogP contribution < -0.4 is 10.1 Å². The average molecular weight is 558 g/mol. The van der Waals surface area contributed by atoms with E-state index >= 15 is 0 Å². The van der Waals surface area contributed by atoms with Crippen molar-refractivity contribution in [2.75, 3.05) is 13.7 Å². The molecular formula is C32H32ClN3O2S. The third kappa shape index (κ3) is 5.81. The van der Waals surface area contributed by atoms with Crippen LogP contribution in [0.2, 0.25) is 5.02 Å². The zero-order valence-electron chi connectivity index (χ0n) is 22.2. The number of thiophene rings is 1. The van der Waals surface area contributed by atoms with Crippen molar-refractivity contribution in [3.8, 4) is 16.9 Å². The summed E-state index contributed by atoms with van der Waals surface area (Å²) in [6.07, 6.45) is 3.91. The van der Waals surface area contributed by atoms with Gasteiger partial charge in [0.05, 0.1) is 18.2 Å². The molecule has 0 unspecified atom stereocenters. The lowest BCUT2D eigenvalue weighted by Crippen LogP contribution is -2.44. The van der Waals surface area contributed by atoms with Crippen LogP contribution >= 0.6 is 22.9 Å². The van der Waals surface area contributed by atoms with Crippen LogP contribution in [-0.4, -0.2) is 36.5 Å². The molecule has 1 aliphatic carbocycles. The molecule has 1 N–H and O–H groups in total. The van der Waals surface area contributed by atoms with Crippen molar-refractivity contribution >= 4 is 44.6 Å². The molecule has 5 nitrogen and oxygen atoms in total. The molecule has 3 aromatic carbocycles. The maximum absolute atomic E-state index is 14.3. The first-order chi connectivity index (χ1) is 19.0. The number of hydrogen-bond donors (Lipinski definition) is 1. The van der Waals surface area contributed by atoms with Crippen molar-refractivity contribution in [1.29, 1.82) is 0 Å². The second kappa shape index (κ2) is 12.2. The summed E-state index contributed by atoms with van der Waals surface area (Å²) in [5, 5.41) is 4.86. The van der Waals surface area contributed by atoms with E-state index in [4.69, 9.17) is 22.9 Å². The minimum Gasteiger partial charge on any atom is -0.494 e. The maximum Gasteiger partial charge on any atom is 0.266 e. The number of nitrogens with zero attached hydrogens (tertiary/aromatic N) is 2. The fourth-order valence-electron chi connectivity index (χ4n) is 5.42. The Hall–Kier alpha value is -3.37. The van der Waals surface area contributed by atoms with Crippen LogP contribution in [-0.2, 0) is 6.54 Å². The number of rotatable bonds is 8. The van der Waals surface area contributed by atoms with Gasteiger partial charge in [0.15, 0.2) is 5.69 Å². The summed E-state index contributed by atoms with van der Waals surface area (Å²) in [6, 6.07) is 22.2. The van der Waals surface area contributed by atoms with Crippen molar-refractivity contribution < 1.29 is 9.53 Å². The molecule has 5 rings (SSSR count). The Bertz CT molecular complexity index is 1500. The molecule has 1 heterocycles. The molecule has 1 saturated carbocycles. The summed E-state index contributed by atoms with van der Waals surface area (Å²) in [6.45, 7) is 10.2. The Balaban J connectivity index is 1.53. The van der Waals surface area contributed by atoms with Gasteiger partial charge in [0, 0.05) is 34.3 Å². The van der Waals surface area contributed by atoms with Crippen molar-refractivity contribution in [3.63, 3.8) is 0 Å². The number of benzene rings is 3. The van der Waals surface area contributed by atoms with E-state index in [0.717, 1.165) is 58.2 Å². The summed E-state index contributed by atoms with van der Waals surface area (Å²) in [7, 11) is 2.01. The highest BCUT2D eigenvalue weighted by atomic mass is 35.5. The quantitative estimate of drug-likeness (QED) is 0.221. The van der Waals surface area contributed by atoms with Crippen LogP contribution in [0.15, 0.2) is 66.7 Å². The summed E-state index contributed by atoms with van der Waals surface area (Å²) in [4.78, 5) is 20.4. The molecule has 0 bridgehead atoms. The van der Waals surface area contributed by atoms with E-state index in [1.54, 1.807) is 0 Å². The summed E-state index contributed by atoms with van der Waals surface area (Å²) >= 11 is 8.27. The highest BCUT2D eigenvalue weighted by Crippen LogP contribution is 2.38. The van der Waals surface area contributed by atoms with Gasteiger partial charge in [0.1, 0.15) is 10.6 Å². The Kier molecular flexibility index (Phi) is 8.52. The predicted molar refractivity (Wildman–Crippen MR) is 161 cm³/mol. The Labute approximate surface area is 239 Å². The van der Waals surface area contributed by atoms with Gasteiger partial charge < -0.3 is 15.0 Å². The van der Waals surface area contributed by atoms with Gasteiger partial charge in [0.2, 0.25) is 0 Å². The predicted octanol–water partition coefficient (Wildman–Crippen LogP) is 8.34. The third-order valence-corrected chi connectivity index (χ3v) is 9.23. The number of carbonyl (C=O) groups is 1. The van der Waals surface area contributed by atoms with E-state index in [-0.39, 0.29) is 11.9 Å². The molecule has 4 aromatic rings. The number of carbonyl (C=O) groups excluding carboxylic acids is 1. The molecule has 0 radical (unpaired) electrons. The first-order valence-electron chi connectivity index (χ1n) is 13.4. The monoisotopic (exact) mass is 557 g/mol. The van der Waals surface area contributed by atoms with Crippen molar-refractivity contribution in [2.45, 2.75) is 51.2 Å². The maximum atomic E-state index is 14.3. The molecule has 1 aromatic heterocycles. The van der Waals surface area contributed by atoms with Crippen molar-refractivity contribution in [3.05, 3.63) is 93.6 Å². The zero-order chi connectivity index (χ0) is 27.4. The topological polar surface area (TPSA) is 45.9 Å². The molecule has 1 amide bonds. The molecule has 39 heavy (non-hydrogen) atoms. The lowest BCUT2D eigenvalue weighted by atomic mass is 9.89. The number of nitrogens with one attached hydrogen (secondary N) is 1. The molecule has 1 aliphatic rings. The van der Waals surface area contributed by atoms with Crippen LogP contribution in [0.1, 0.15) is 47.8 Å². The van der Waals surface area contributed by atoms with Gasteiger partial charge in [-0.05, 0) is 69.0 Å². The number of hydrogen-bond acceptors (Lipinski definition) is 4. The summed E-state index contributed by atoms with van der Waals surface area (Å²) in [5.41, 5.74) is 3.62. The normalized spacial score (nSPS) is 17.1. The van der Waals surface area contributed by atoms with Gasteiger partial charge in [-0.2, -0.15) is 0 Å². The molecule has 0 atom stereocenters. The standard InChI is InChI=1S/C32H32ClN3O2S/c1-4-38-28-18-11-22(21-9-12-24(34-2)13-10-21)19-23(28)20-36(26-16-14-25(35-3)15-17-26)32(37)31-30(33)27-7-5-6-8-29(27)39-31/h5-13,18-19,25-26,35H,4,14-17,20H2,1,3H3/t25-,26-. The van der Waals surface area contributed by atoms with Crippen LogP contribution in [0, 0.1) is 6.57 Å². The molecule has 0 spiro atoms. The Morgan fingerprint density at radius 1 is 1.08 bits per heavy atom. The highest BCUT2D eigenvalue weighted by molar-refractivity contribution is 7.21. The first-order valence-corrected chi connectivity index (χ1v) is 14.6. The SMILES string of the molecule is [C-]#[N+]c1ccc(-c2ccc(OCC)c(CN(C(=O)c3sc4ccccc4c3Cl)[C@H]3CC[C@H](NC)CC3)c2)cc1. The van der Waals surface area contributed by atoms with E-state index in [9.17, 15) is 4.79 Å². The van der Waals surface area contributed by atoms with E-state index in [1.807, 2.05) is 79.5 Å². The highest BCUT2D eigenvalue weighted by Gasteiger charge is 2.32. The number of amides is 1. The van der Waals surface area contributed by atoms with Crippen molar-refractivity contribution in [1.82, 2.24) is 10.2 Å². The molecule has 0 aliphatic heterocycles. The molecule has 0 saturated heterocycles. The van der Waals surface area contributed by atoms with Gasteiger partial charge in [-0.25, -0.2) is 4.85 Å². The second-order valence-electron chi connectivity index (χ2n) is 9.88. The van der Waals surface area contributed by atoms with Crippen LogP contribution in [0.25, 0.3) is 26.1 Å². The van der Waals surface area contributed by atoms with Gasteiger partial charge in [0.25, 0.3) is 5.91 Å². The molecule has 200 valence electrons. The van der Waals surface area contributed by atoms with Crippen LogP contribution in [0.3, 0.4) is 0 Å². The Morgan fingerprint density at radius 2 is 1.79 bits per heavy atom. The largest absolute Gasteiger partial charge is 0.494 e.